The van der Waals surface area contributed by atoms with E-state index in [1.165, 1.54) is 9.80 Å². The number of para-hydroxylation sites is 1. The molecule has 1 fully saturated rings. The summed E-state index contributed by atoms with van der Waals surface area (Å²) in [5.74, 6) is -0.880. The van der Waals surface area contributed by atoms with E-state index in [1.54, 1.807) is 18.4 Å². The molecule has 2 amide bonds. The van der Waals surface area contributed by atoms with Gasteiger partial charge in [0.15, 0.2) is 6.61 Å². The molecule has 0 radical (unpaired) electrons. The number of likely N-dealkylation sites (tertiary alicyclic amines) is 1. The lowest BCUT2D eigenvalue weighted by atomic mass is 10.2. The van der Waals surface area contributed by atoms with Crippen LogP contribution in [0.1, 0.15) is 43.7 Å². The highest BCUT2D eigenvalue weighted by atomic mass is 32.1. The van der Waals surface area contributed by atoms with Crippen molar-refractivity contribution in [2.24, 2.45) is 0 Å². The van der Waals surface area contributed by atoms with Crippen molar-refractivity contribution in [2.45, 2.75) is 38.6 Å². The second-order valence-corrected chi connectivity index (χ2v) is 8.05. The van der Waals surface area contributed by atoms with Gasteiger partial charge in [0.2, 0.25) is 5.91 Å². The summed E-state index contributed by atoms with van der Waals surface area (Å²) in [5.41, 5.74) is 0.906. The molecule has 1 aromatic heterocycles. The van der Waals surface area contributed by atoms with Crippen molar-refractivity contribution in [3.05, 3.63) is 29.3 Å². The molecule has 3 rings (SSSR count). The molecule has 0 unspecified atom stereocenters. The third kappa shape index (κ3) is 4.86. The third-order valence-electron chi connectivity index (χ3n) is 4.99. The summed E-state index contributed by atoms with van der Waals surface area (Å²) in [6, 6.07) is 7.60. The van der Waals surface area contributed by atoms with E-state index >= 15 is 0 Å². The first-order chi connectivity index (χ1) is 13.5. The average molecular weight is 404 g/mol. The van der Waals surface area contributed by atoms with Gasteiger partial charge in [-0.1, -0.05) is 18.6 Å². The largest absolute Gasteiger partial charge is 0.454 e. The standard InChI is InChI=1S/C20H25N3O4S/c1-14(20-21-15-8-5-6-9-16(15)28-20)22(2)18(25)13-27-19(26)12-23-11-7-3-4-10-17(23)24/h5-6,8-9,14H,3-4,7,10-13H2,1-2H3/t14-/m1/s1. The number of benzene rings is 1. The summed E-state index contributed by atoms with van der Waals surface area (Å²) in [7, 11) is 1.67. The van der Waals surface area contributed by atoms with Gasteiger partial charge in [-0.05, 0) is 31.9 Å². The predicted molar refractivity (Wildman–Crippen MR) is 107 cm³/mol. The molecule has 1 aromatic carbocycles. The molecule has 150 valence electrons. The van der Waals surface area contributed by atoms with Crippen molar-refractivity contribution in [2.75, 3.05) is 26.7 Å². The number of thiazole rings is 1. The summed E-state index contributed by atoms with van der Waals surface area (Å²) in [6.45, 7) is 2.03. The molecule has 0 aliphatic carbocycles. The summed E-state index contributed by atoms with van der Waals surface area (Å²) in [4.78, 5) is 44.1. The fourth-order valence-corrected chi connectivity index (χ4v) is 4.16. The van der Waals surface area contributed by atoms with E-state index in [9.17, 15) is 14.4 Å². The Balaban J connectivity index is 1.51. The lowest BCUT2D eigenvalue weighted by Crippen LogP contribution is -2.38. The van der Waals surface area contributed by atoms with Gasteiger partial charge in [-0.2, -0.15) is 0 Å². The van der Waals surface area contributed by atoms with Crippen LogP contribution in [-0.2, 0) is 19.1 Å². The predicted octanol–water partition coefficient (Wildman–Crippen LogP) is 2.76. The van der Waals surface area contributed by atoms with Gasteiger partial charge in [-0.25, -0.2) is 4.98 Å². The smallest absolute Gasteiger partial charge is 0.326 e. The Bertz CT molecular complexity index is 833. The monoisotopic (exact) mass is 403 g/mol. The highest BCUT2D eigenvalue weighted by molar-refractivity contribution is 7.18. The molecule has 0 N–H and O–H groups in total. The zero-order valence-corrected chi connectivity index (χ0v) is 17.0. The number of likely N-dealkylation sites (N-methyl/N-ethyl adjacent to an activating group) is 1. The van der Waals surface area contributed by atoms with E-state index in [0.29, 0.717) is 13.0 Å². The summed E-state index contributed by atoms with van der Waals surface area (Å²) in [6.07, 6.45) is 3.20. The van der Waals surface area contributed by atoms with Crippen LogP contribution >= 0.6 is 11.3 Å². The third-order valence-corrected chi connectivity index (χ3v) is 6.20. The minimum Gasteiger partial charge on any atom is -0.454 e. The molecule has 7 nitrogen and oxygen atoms in total. The summed E-state index contributed by atoms with van der Waals surface area (Å²) < 4.78 is 6.19. The first kappa shape index (κ1) is 20.3. The Morgan fingerprint density at radius 3 is 2.86 bits per heavy atom. The maximum atomic E-state index is 12.4. The van der Waals surface area contributed by atoms with Crippen molar-refractivity contribution >= 4 is 39.3 Å². The maximum absolute atomic E-state index is 12.4. The second-order valence-electron chi connectivity index (χ2n) is 6.99. The van der Waals surface area contributed by atoms with Gasteiger partial charge in [0, 0.05) is 20.0 Å². The highest BCUT2D eigenvalue weighted by Gasteiger charge is 2.23. The van der Waals surface area contributed by atoms with Crippen LogP contribution in [-0.4, -0.2) is 59.3 Å². The summed E-state index contributed by atoms with van der Waals surface area (Å²) >= 11 is 1.54. The fourth-order valence-electron chi connectivity index (χ4n) is 3.10. The Morgan fingerprint density at radius 2 is 2.07 bits per heavy atom. The zero-order valence-electron chi connectivity index (χ0n) is 16.2. The van der Waals surface area contributed by atoms with Crippen LogP contribution in [0.15, 0.2) is 24.3 Å². The number of amides is 2. The molecule has 2 heterocycles. The first-order valence-corrected chi connectivity index (χ1v) is 10.3. The van der Waals surface area contributed by atoms with Gasteiger partial charge in [-0.3, -0.25) is 14.4 Å². The van der Waals surface area contributed by atoms with Crippen molar-refractivity contribution in [1.29, 1.82) is 0 Å². The Hall–Kier alpha value is -2.48. The first-order valence-electron chi connectivity index (χ1n) is 9.50. The maximum Gasteiger partial charge on any atom is 0.326 e. The van der Waals surface area contributed by atoms with Crippen LogP contribution < -0.4 is 0 Å². The molecular weight excluding hydrogens is 378 g/mol. The lowest BCUT2D eigenvalue weighted by molar-refractivity contribution is -0.155. The number of carbonyl (C=O) groups is 3. The lowest BCUT2D eigenvalue weighted by Gasteiger charge is -2.23. The van der Waals surface area contributed by atoms with E-state index in [4.69, 9.17) is 4.74 Å². The van der Waals surface area contributed by atoms with Gasteiger partial charge in [0.25, 0.3) is 5.91 Å². The zero-order chi connectivity index (χ0) is 20.1. The normalized spacial score (nSPS) is 15.9. The average Bonchev–Trinajstić information content (AvgIpc) is 3.03. The number of nitrogens with zero attached hydrogens (tertiary/aromatic N) is 3. The minimum absolute atomic E-state index is 0.0256. The van der Waals surface area contributed by atoms with Gasteiger partial charge < -0.3 is 14.5 Å². The van der Waals surface area contributed by atoms with E-state index in [1.807, 2.05) is 31.2 Å². The molecular formula is C20H25N3O4S. The van der Waals surface area contributed by atoms with Crippen LogP contribution in [0.5, 0.6) is 0 Å². The number of ether oxygens (including phenoxy) is 1. The van der Waals surface area contributed by atoms with Crippen molar-refractivity contribution < 1.29 is 19.1 Å². The number of carbonyl (C=O) groups excluding carboxylic acids is 3. The Morgan fingerprint density at radius 1 is 1.29 bits per heavy atom. The second kappa shape index (κ2) is 9.14. The van der Waals surface area contributed by atoms with E-state index in [2.05, 4.69) is 4.98 Å². The van der Waals surface area contributed by atoms with Crippen LogP contribution in [0.4, 0.5) is 0 Å². The molecule has 0 spiro atoms. The van der Waals surface area contributed by atoms with Crippen molar-refractivity contribution in [3.8, 4) is 0 Å². The van der Waals surface area contributed by atoms with E-state index in [0.717, 1.165) is 34.5 Å². The van der Waals surface area contributed by atoms with Gasteiger partial charge in [-0.15, -0.1) is 11.3 Å². The molecule has 8 heteroatoms. The SMILES string of the molecule is C[C@H](c1nc2ccccc2s1)N(C)C(=O)COC(=O)CN1CCCCCC1=O. The van der Waals surface area contributed by atoms with E-state index in [-0.39, 0.29) is 31.0 Å². The van der Waals surface area contributed by atoms with Crippen LogP contribution in [0, 0.1) is 0 Å². The minimum atomic E-state index is -0.551. The number of aromatic nitrogens is 1. The fraction of sp³-hybridized carbons (Fsp3) is 0.500. The van der Waals surface area contributed by atoms with E-state index < -0.39 is 5.97 Å². The highest BCUT2D eigenvalue weighted by Crippen LogP contribution is 2.28. The number of hydrogen-bond acceptors (Lipinski definition) is 6. The molecule has 1 atom stereocenters. The molecule has 28 heavy (non-hydrogen) atoms. The molecule has 0 bridgehead atoms. The molecule has 1 aliphatic heterocycles. The molecule has 1 aliphatic rings. The molecule has 0 saturated carbocycles. The van der Waals surface area contributed by atoms with Crippen LogP contribution in [0.2, 0.25) is 0 Å². The summed E-state index contributed by atoms with van der Waals surface area (Å²) in [5, 5.41) is 0.832. The molecule has 2 aromatic rings. The number of hydrogen-bond donors (Lipinski definition) is 0. The van der Waals surface area contributed by atoms with Crippen molar-refractivity contribution in [3.63, 3.8) is 0 Å². The van der Waals surface area contributed by atoms with Gasteiger partial charge in [0.05, 0.1) is 16.3 Å². The number of rotatable bonds is 6. The number of fused-ring (bicyclic) bond motifs is 1. The quantitative estimate of drug-likeness (QED) is 0.693. The van der Waals surface area contributed by atoms with Crippen LogP contribution in [0.25, 0.3) is 10.2 Å². The number of esters is 1. The Labute approximate surface area is 168 Å². The van der Waals surface area contributed by atoms with Gasteiger partial charge in [0.1, 0.15) is 11.6 Å². The topological polar surface area (TPSA) is 79.8 Å². The Kier molecular flexibility index (Phi) is 6.61. The molecule has 1 saturated heterocycles. The van der Waals surface area contributed by atoms with Gasteiger partial charge >= 0.3 is 5.97 Å². The van der Waals surface area contributed by atoms with Crippen molar-refractivity contribution in [1.82, 2.24) is 14.8 Å². The van der Waals surface area contributed by atoms with Crippen LogP contribution in [0.3, 0.4) is 0 Å².